The molecule has 102 valence electrons. The van der Waals surface area contributed by atoms with Crippen molar-refractivity contribution in [3.05, 3.63) is 22.4 Å². The fraction of sp³-hybridized carbons (Fsp3) is 0.600. The van der Waals surface area contributed by atoms with Crippen LogP contribution in [-0.4, -0.2) is 11.7 Å². The number of rotatable bonds is 3. The van der Waals surface area contributed by atoms with Gasteiger partial charge in [0.05, 0.1) is 6.54 Å². The van der Waals surface area contributed by atoms with Crippen LogP contribution in [0.3, 0.4) is 0 Å². The van der Waals surface area contributed by atoms with Gasteiger partial charge in [0.25, 0.3) is 0 Å². The number of carbonyl (C=O) groups excluding carboxylic acids is 2. The van der Waals surface area contributed by atoms with Crippen molar-refractivity contribution in [2.24, 2.45) is 17.8 Å². The second-order valence-electron chi connectivity index (χ2n) is 5.69. The maximum absolute atomic E-state index is 12.2. The second-order valence-corrected chi connectivity index (χ2v) is 6.72. The first kappa shape index (κ1) is 12.9. The molecule has 19 heavy (non-hydrogen) atoms. The lowest BCUT2D eigenvalue weighted by Gasteiger charge is -2.36. The van der Waals surface area contributed by atoms with E-state index >= 15 is 0 Å². The van der Waals surface area contributed by atoms with Crippen molar-refractivity contribution < 1.29 is 9.59 Å². The molecule has 0 radical (unpaired) electrons. The highest BCUT2D eigenvalue weighted by Crippen LogP contribution is 2.40. The predicted octanol–water partition coefficient (Wildman–Crippen LogP) is 2.76. The number of hydrogen-bond acceptors (Lipinski definition) is 3. The van der Waals surface area contributed by atoms with E-state index in [9.17, 15) is 9.59 Å². The van der Waals surface area contributed by atoms with E-state index in [1.54, 1.807) is 11.3 Å². The summed E-state index contributed by atoms with van der Waals surface area (Å²) in [6.45, 7) is 0.621. The summed E-state index contributed by atoms with van der Waals surface area (Å²) >= 11 is 1.66. The lowest BCUT2D eigenvalue weighted by molar-refractivity contribution is -0.137. The number of hydrogen-bond donors (Lipinski definition) is 1. The molecule has 2 aliphatic carbocycles. The minimum Gasteiger partial charge on any atom is -0.351 e. The van der Waals surface area contributed by atoms with Crippen molar-refractivity contribution in [3.63, 3.8) is 0 Å². The fourth-order valence-electron chi connectivity index (χ4n) is 3.43. The molecule has 2 unspecified atom stereocenters. The second kappa shape index (κ2) is 5.45. The molecule has 2 aliphatic rings. The lowest BCUT2D eigenvalue weighted by Crippen LogP contribution is -2.42. The zero-order valence-corrected chi connectivity index (χ0v) is 11.7. The van der Waals surface area contributed by atoms with Gasteiger partial charge in [-0.15, -0.1) is 11.3 Å². The van der Waals surface area contributed by atoms with Gasteiger partial charge in [-0.05, 0) is 37.1 Å². The molecule has 1 aromatic rings. The summed E-state index contributed by atoms with van der Waals surface area (Å²) < 4.78 is 0. The molecule has 3 nitrogen and oxygen atoms in total. The minimum absolute atomic E-state index is 0.0490. The molecule has 0 spiro atoms. The first-order valence-corrected chi connectivity index (χ1v) is 7.96. The summed E-state index contributed by atoms with van der Waals surface area (Å²) in [5.41, 5.74) is 0. The van der Waals surface area contributed by atoms with Crippen LogP contribution in [0.2, 0.25) is 0 Å². The third-order valence-electron chi connectivity index (χ3n) is 4.44. The molecule has 0 saturated heterocycles. The largest absolute Gasteiger partial charge is 0.351 e. The van der Waals surface area contributed by atoms with E-state index < -0.39 is 0 Å². The Morgan fingerprint density at radius 3 is 2.68 bits per heavy atom. The van der Waals surface area contributed by atoms with E-state index in [0.29, 0.717) is 12.3 Å². The van der Waals surface area contributed by atoms with Gasteiger partial charge in [-0.25, -0.2) is 0 Å². The number of carbonyl (C=O) groups is 2. The van der Waals surface area contributed by atoms with Crippen LogP contribution in [0.1, 0.15) is 37.0 Å². The van der Waals surface area contributed by atoms with Crippen LogP contribution in [0.4, 0.5) is 0 Å². The summed E-state index contributed by atoms with van der Waals surface area (Å²) in [5.74, 6) is 0.925. The highest BCUT2D eigenvalue weighted by molar-refractivity contribution is 7.09. The summed E-state index contributed by atoms with van der Waals surface area (Å²) in [5, 5.41) is 5.04. The first-order valence-electron chi connectivity index (χ1n) is 7.08. The number of nitrogens with one attached hydrogen (secondary N) is 1. The van der Waals surface area contributed by atoms with Crippen LogP contribution in [-0.2, 0) is 16.1 Å². The van der Waals surface area contributed by atoms with Crippen molar-refractivity contribution in [2.45, 2.75) is 38.6 Å². The Morgan fingerprint density at radius 2 is 2.05 bits per heavy atom. The van der Waals surface area contributed by atoms with Crippen LogP contribution >= 0.6 is 11.3 Å². The maximum Gasteiger partial charge on any atom is 0.223 e. The molecule has 2 atom stereocenters. The lowest BCUT2D eigenvalue weighted by atomic mass is 9.67. The van der Waals surface area contributed by atoms with Gasteiger partial charge in [-0.1, -0.05) is 12.5 Å². The Labute approximate surface area is 117 Å². The number of amides is 1. The Kier molecular flexibility index (Phi) is 3.69. The quantitative estimate of drug-likeness (QED) is 0.923. The third kappa shape index (κ3) is 2.73. The molecule has 1 heterocycles. The SMILES string of the molecule is O=C(NCc1cccs1)C1CC2CCCC(C1)C2=O. The van der Waals surface area contributed by atoms with E-state index in [1.807, 2.05) is 17.5 Å². The zero-order chi connectivity index (χ0) is 13.2. The van der Waals surface area contributed by atoms with Crippen molar-refractivity contribution in [1.29, 1.82) is 0 Å². The number of Topliss-reactive ketones (excluding diaryl/α,β-unsaturated/α-hetero) is 1. The number of fused-ring (bicyclic) bond motifs is 2. The molecular weight excluding hydrogens is 258 g/mol. The molecule has 3 rings (SSSR count). The Morgan fingerprint density at radius 1 is 1.32 bits per heavy atom. The van der Waals surface area contributed by atoms with Gasteiger partial charge in [0.2, 0.25) is 5.91 Å². The molecular formula is C15H19NO2S. The topological polar surface area (TPSA) is 46.2 Å². The van der Waals surface area contributed by atoms with E-state index in [-0.39, 0.29) is 23.7 Å². The standard InChI is InChI=1S/C15H19NO2S/c17-14-10-3-1-4-11(14)8-12(7-10)15(18)16-9-13-5-2-6-19-13/h2,5-6,10-12H,1,3-4,7-9H2,(H,16,18). The Balaban J connectivity index is 1.57. The maximum atomic E-state index is 12.2. The van der Waals surface area contributed by atoms with Crippen LogP contribution in [0.5, 0.6) is 0 Å². The van der Waals surface area contributed by atoms with Crippen LogP contribution < -0.4 is 5.32 Å². The van der Waals surface area contributed by atoms with E-state index in [1.165, 1.54) is 4.88 Å². The monoisotopic (exact) mass is 277 g/mol. The predicted molar refractivity (Wildman–Crippen MR) is 74.7 cm³/mol. The molecule has 1 aromatic heterocycles. The molecule has 0 aromatic carbocycles. The molecule has 1 N–H and O–H groups in total. The molecule has 2 fully saturated rings. The van der Waals surface area contributed by atoms with Crippen molar-refractivity contribution in [1.82, 2.24) is 5.32 Å². The van der Waals surface area contributed by atoms with Gasteiger partial charge in [0, 0.05) is 22.6 Å². The third-order valence-corrected chi connectivity index (χ3v) is 5.31. The van der Waals surface area contributed by atoms with Gasteiger partial charge in [-0.3, -0.25) is 9.59 Å². The minimum atomic E-state index is 0.0490. The highest BCUT2D eigenvalue weighted by Gasteiger charge is 2.41. The van der Waals surface area contributed by atoms with Gasteiger partial charge in [0.1, 0.15) is 5.78 Å². The summed E-state index contributed by atoms with van der Waals surface area (Å²) in [6.07, 6.45) is 4.68. The molecule has 1 amide bonds. The highest BCUT2D eigenvalue weighted by atomic mass is 32.1. The van der Waals surface area contributed by atoms with Crippen LogP contribution in [0.15, 0.2) is 17.5 Å². The smallest absolute Gasteiger partial charge is 0.223 e. The number of thiophene rings is 1. The van der Waals surface area contributed by atoms with E-state index in [2.05, 4.69) is 5.32 Å². The van der Waals surface area contributed by atoms with E-state index in [4.69, 9.17) is 0 Å². The summed E-state index contributed by atoms with van der Waals surface area (Å²) in [7, 11) is 0. The van der Waals surface area contributed by atoms with Crippen molar-refractivity contribution in [2.75, 3.05) is 0 Å². The van der Waals surface area contributed by atoms with Gasteiger partial charge in [-0.2, -0.15) is 0 Å². The molecule has 0 aliphatic heterocycles. The summed E-state index contributed by atoms with van der Waals surface area (Å²) in [6, 6.07) is 4.03. The number of ketones is 1. The summed E-state index contributed by atoms with van der Waals surface area (Å²) in [4.78, 5) is 25.4. The normalized spacial score (nSPS) is 30.1. The average molecular weight is 277 g/mol. The van der Waals surface area contributed by atoms with Gasteiger partial charge < -0.3 is 5.32 Å². The molecule has 2 bridgehead atoms. The van der Waals surface area contributed by atoms with Crippen LogP contribution in [0, 0.1) is 17.8 Å². The zero-order valence-electron chi connectivity index (χ0n) is 10.9. The van der Waals surface area contributed by atoms with Crippen molar-refractivity contribution >= 4 is 23.0 Å². The molecule has 2 saturated carbocycles. The fourth-order valence-corrected chi connectivity index (χ4v) is 4.07. The van der Waals surface area contributed by atoms with Gasteiger partial charge >= 0.3 is 0 Å². The van der Waals surface area contributed by atoms with Crippen molar-refractivity contribution in [3.8, 4) is 0 Å². The average Bonchev–Trinajstić information content (AvgIpc) is 2.88. The first-order chi connectivity index (χ1) is 9.24. The van der Waals surface area contributed by atoms with E-state index in [0.717, 1.165) is 32.1 Å². The Bertz CT molecular complexity index is 452. The van der Waals surface area contributed by atoms with Crippen LogP contribution in [0.25, 0.3) is 0 Å². The Hall–Kier alpha value is -1.16. The molecule has 4 heteroatoms. The van der Waals surface area contributed by atoms with Gasteiger partial charge in [0.15, 0.2) is 0 Å².